The highest BCUT2D eigenvalue weighted by atomic mass is 15.1. The Bertz CT molecular complexity index is 728. The molecule has 0 radical (unpaired) electrons. The summed E-state index contributed by atoms with van der Waals surface area (Å²) in [5, 5.41) is 38.2. The first kappa shape index (κ1) is 17.4. The fourth-order valence-electron chi connectivity index (χ4n) is 4.95. The Labute approximate surface area is 149 Å². The average molecular weight is 334 g/mol. The summed E-state index contributed by atoms with van der Waals surface area (Å²) in [5.41, 5.74) is -0.522. The van der Waals surface area contributed by atoms with E-state index in [-0.39, 0.29) is 23.5 Å². The zero-order valence-corrected chi connectivity index (χ0v) is 14.6. The molecular formula is C20H24N5+. The Morgan fingerprint density at radius 1 is 1.32 bits per heavy atom. The Kier molecular flexibility index (Phi) is 4.76. The fourth-order valence-corrected chi connectivity index (χ4v) is 4.95. The summed E-state index contributed by atoms with van der Waals surface area (Å²) in [4.78, 5) is 1.41. The summed E-state index contributed by atoms with van der Waals surface area (Å²) in [6, 6.07) is 6.58. The number of hydrogen-bond acceptors (Lipinski definition) is 4. The molecule has 128 valence electrons. The molecule has 5 heteroatoms. The SMILES string of the molecule is CC[NH+]1CC=C2C(C#N)C(=N)C(C#N)(C#N)[C@@H]([C@H]3C=CCCC3)[C@H]2C1. The molecule has 3 aliphatic rings. The van der Waals surface area contributed by atoms with Gasteiger partial charge in [-0.1, -0.05) is 12.2 Å². The first-order chi connectivity index (χ1) is 12.1. The normalized spacial score (nSPS) is 36.3. The van der Waals surface area contributed by atoms with Crippen LogP contribution in [0.4, 0.5) is 0 Å². The maximum Gasteiger partial charge on any atom is 0.186 e. The minimum atomic E-state index is -1.50. The number of nitriles is 3. The van der Waals surface area contributed by atoms with E-state index in [9.17, 15) is 15.8 Å². The number of nitrogens with zero attached hydrogens (tertiary/aromatic N) is 3. The van der Waals surface area contributed by atoms with Crippen LogP contribution in [0.1, 0.15) is 26.2 Å². The van der Waals surface area contributed by atoms with Crippen molar-refractivity contribution in [3.05, 3.63) is 23.8 Å². The van der Waals surface area contributed by atoms with Crippen LogP contribution in [0.3, 0.4) is 0 Å². The van der Waals surface area contributed by atoms with Gasteiger partial charge in [0.05, 0.1) is 43.6 Å². The molecule has 3 rings (SSSR count). The molecule has 0 aromatic carbocycles. The number of hydrogen-bond donors (Lipinski definition) is 2. The fraction of sp³-hybridized carbons (Fsp3) is 0.600. The van der Waals surface area contributed by atoms with Crippen LogP contribution in [-0.2, 0) is 0 Å². The summed E-state index contributed by atoms with van der Waals surface area (Å²) in [6.07, 6.45) is 9.43. The summed E-state index contributed by atoms with van der Waals surface area (Å²) in [7, 11) is 0. The van der Waals surface area contributed by atoms with E-state index in [1.54, 1.807) is 0 Å². The third-order valence-electron chi connectivity index (χ3n) is 6.28. The number of nitrogens with one attached hydrogen (secondary N) is 2. The smallest absolute Gasteiger partial charge is 0.186 e. The lowest BCUT2D eigenvalue weighted by molar-refractivity contribution is -0.898. The Morgan fingerprint density at radius 2 is 2.08 bits per heavy atom. The van der Waals surface area contributed by atoms with Crippen LogP contribution in [0, 0.1) is 68.5 Å². The second-order valence-electron chi connectivity index (χ2n) is 7.38. The first-order valence-electron chi connectivity index (χ1n) is 9.14. The van der Waals surface area contributed by atoms with Gasteiger partial charge >= 0.3 is 0 Å². The van der Waals surface area contributed by atoms with Crippen LogP contribution in [-0.4, -0.2) is 25.3 Å². The minimum absolute atomic E-state index is 0.00794. The molecule has 1 heterocycles. The third-order valence-corrected chi connectivity index (χ3v) is 6.28. The predicted molar refractivity (Wildman–Crippen MR) is 93.3 cm³/mol. The van der Waals surface area contributed by atoms with Crippen LogP contribution in [0.5, 0.6) is 0 Å². The van der Waals surface area contributed by atoms with Crippen LogP contribution >= 0.6 is 0 Å². The van der Waals surface area contributed by atoms with E-state index in [1.165, 1.54) is 4.90 Å². The molecule has 0 spiro atoms. The summed E-state index contributed by atoms with van der Waals surface area (Å²) in [6.45, 7) is 4.81. The molecule has 0 amide bonds. The van der Waals surface area contributed by atoms with E-state index < -0.39 is 11.3 Å². The molecule has 0 saturated heterocycles. The van der Waals surface area contributed by atoms with Gasteiger partial charge in [-0.3, -0.25) is 0 Å². The third kappa shape index (κ3) is 2.58. The van der Waals surface area contributed by atoms with Crippen molar-refractivity contribution in [2.45, 2.75) is 26.2 Å². The molecule has 1 aliphatic heterocycles. The summed E-state index contributed by atoms with van der Waals surface area (Å²) in [5.74, 6) is -0.817. The van der Waals surface area contributed by atoms with Crippen LogP contribution in [0.25, 0.3) is 0 Å². The van der Waals surface area contributed by atoms with Gasteiger partial charge in [0.25, 0.3) is 0 Å². The van der Waals surface area contributed by atoms with Gasteiger partial charge in [-0.05, 0) is 43.8 Å². The van der Waals surface area contributed by atoms with Crippen LogP contribution < -0.4 is 4.90 Å². The van der Waals surface area contributed by atoms with E-state index in [0.29, 0.717) is 0 Å². The van der Waals surface area contributed by atoms with Gasteiger partial charge in [0.2, 0.25) is 0 Å². The quantitative estimate of drug-likeness (QED) is 0.751. The highest BCUT2D eigenvalue weighted by Gasteiger charge is 2.59. The lowest BCUT2D eigenvalue weighted by atomic mass is 9.52. The highest BCUT2D eigenvalue weighted by Crippen LogP contribution is 2.52. The van der Waals surface area contributed by atoms with E-state index in [2.05, 4.69) is 43.4 Å². The molecular weight excluding hydrogens is 310 g/mol. The van der Waals surface area contributed by atoms with Gasteiger partial charge in [0.15, 0.2) is 5.41 Å². The standard InChI is InChI=1S/C20H23N5/c1-2-25-9-8-15-16(10-21)19(24)20(12-22,13-23)18(17(15)11-25)14-6-4-3-5-7-14/h4,6,8,14,16-18,24H,2-3,5,7,9,11H2,1H3/p+1/t14-,16?,17-,18-/m0/s1. The van der Waals surface area contributed by atoms with Crippen LogP contribution in [0.15, 0.2) is 23.8 Å². The zero-order valence-electron chi connectivity index (χ0n) is 14.6. The number of fused-ring (bicyclic) bond motifs is 1. The molecule has 0 aromatic rings. The predicted octanol–water partition coefficient (Wildman–Crippen LogP) is 1.63. The number of likely N-dealkylation sites (N-methyl/N-ethyl adjacent to an activating group) is 1. The topological polar surface area (TPSA) is 99.7 Å². The van der Waals surface area contributed by atoms with Crippen molar-refractivity contribution in [3.8, 4) is 18.2 Å². The second kappa shape index (κ2) is 6.83. The molecule has 1 fully saturated rings. The van der Waals surface area contributed by atoms with Crippen molar-refractivity contribution in [2.75, 3.05) is 19.6 Å². The highest BCUT2D eigenvalue weighted by molar-refractivity contribution is 6.00. The summed E-state index contributed by atoms with van der Waals surface area (Å²) >= 11 is 0. The largest absolute Gasteiger partial charge is 0.331 e. The van der Waals surface area contributed by atoms with Gasteiger partial charge in [0, 0.05) is 11.8 Å². The number of allylic oxidation sites excluding steroid dienone is 2. The van der Waals surface area contributed by atoms with Crippen molar-refractivity contribution < 1.29 is 4.90 Å². The maximum absolute atomic E-state index is 9.97. The van der Waals surface area contributed by atoms with Gasteiger partial charge in [-0.15, -0.1) is 0 Å². The van der Waals surface area contributed by atoms with Crippen LogP contribution in [0.2, 0.25) is 0 Å². The molecule has 2 unspecified atom stereocenters. The molecule has 2 N–H and O–H groups in total. The molecule has 2 aliphatic carbocycles. The van der Waals surface area contributed by atoms with E-state index in [1.807, 2.05) is 0 Å². The first-order valence-corrected chi connectivity index (χ1v) is 9.14. The zero-order chi connectivity index (χ0) is 18.0. The van der Waals surface area contributed by atoms with E-state index in [0.717, 1.165) is 44.5 Å². The monoisotopic (exact) mass is 334 g/mol. The van der Waals surface area contributed by atoms with Crippen molar-refractivity contribution in [1.29, 1.82) is 21.2 Å². The van der Waals surface area contributed by atoms with Gasteiger partial charge in [0.1, 0.15) is 5.92 Å². The second-order valence-corrected chi connectivity index (χ2v) is 7.38. The molecule has 0 bridgehead atoms. The molecule has 0 aromatic heterocycles. The van der Waals surface area contributed by atoms with E-state index >= 15 is 0 Å². The Morgan fingerprint density at radius 3 is 2.64 bits per heavy atom. The van der Waals surface area contributed by atoms with Crippen molar-refractivity contribution in [3.63, 3.8) is 0 Å². The van der Waals surface area contributed by atoms with Crippen molar-refractivity contribution in [2.24, 2.45) is 29.1 Å². The Hall–Kier alpha value is -2.42. The number of rotatable bonds is 2. The molecule has 1 saturated carbocycles. The summed E-state index contributed by atoms with van der Waals surface area (Å²) < 4.78 is 0. The van der Waals surface area contributed by atoms with Gasteiger partial charge in [-0.25, -0.2) is 0 Å². The Balaban J connectivity index is 2.16. The van der Waals surface area contributed by atoms with E-state index in [4.69, 9.17) is 5.41 Å². The van der Waals surface area contributed by atoms with Gasteiger partial charge in [-0.2, -0.15) is 15.8 Å². The number of quaternary nitrogens is 1. The molecule has 25 heavy (non-hydrogen) atoms. The lowest BCUT2D eigenvalue weighted by Crippen LogP contribution is -3.13. The molecule has 5 nitrogen and oxygen atoms in total. The van der Waals surface area contributed by atoms with Crippen molar-refractivity contribution in [1.82, 2.24) is 0 Å². The van der Waals surface area contributed by atoms with Gasteiger partial charge < -0.3 is 10.3 Å². The lowest BCUT2D eigenvalue weighted by Gasteiger charge is -2.48. The maximum atomic E-state index is 9.97. The minimum Gasteiger partial charge on any atom is -0.331 e. The molecule has 5 atom stereocenters. The average Bonchev–Trinajstić information content (AvgIpc) is 2.67. The van der Waals surface area contributed by atoms with Crippen molar-refractivity contribution >= 4 is 5.71 Å².